The van der Waals surface area contributed by atoms with E-state index in [1.165, 1.54) is 35.2 Å². The Morgan fingerprint density at radius 2 is 1.77 bits per heavy atom. The molecule has 1 fully saturated rings. The lowest BCUT2D eigenvalue weighted by molar-refractivity contribution is 0.239. The van der Waals surface area contributed by atoms with Gasteiger partial charge in [0.2, 0.25) is 0 Å². The van der Waals surface area contributed by atoms with Crippen molar-refractivity contribution in [2.75, 3.05) is 0 Å². The van der Waals surface area contributed by atoms with Gasteiger partial charge in [0.15, 0.2) is 0 Å². The quantitative estimate of drug-likeness (QED) is 0.481. The summed E-state index contributed by atoms with van der Waals surface area (Å²) < 4.78 is 3.54. The van der Waals surface area contributed by atoms with E-state index in [4.69, 9.17) is 0 Å². The molecule has 0 spiro atoms. The molecule has 3 aromatic rings. The fourth-order valence-corrected chi connectivity index (χ4v) is 3.80. The first-order valence-corrected chi connectivity index (χ1v) is 10.1. The Morgan fingerprint density at radius 1 is 0.962 bits per heavy atom. The number of rotatable bonds is 7. The SMILES string of the molecule is Cc1cccc(Cn2cccc2CN(Cc2ccc(Br)cc2)C2CC2)c1. The molecular formula is C23H25BrN2. The van der Waals surface area contributed by atoms with E-state index in [1.807, 2.05) is 0 Å². The molecule has 3 heteroatoms. The van der Waals surface area contributed by atoms with Crippen molar-refractivity contribution in [1.82, 2.24) is 9.47 Å². The van der Waals surface area contributed by atoms with E-state index in [0.29, 0.717) is 0 Å². The number of aromatic nitrogens is 1. The molecule has 0 bridgehead atoms. The first kappa shape index (κ1) is 17.6. The molecule has 0 aliphatic heterocycles. The van der Waals surface area contributed by atoms with Gasteiger partial charge in [0, 0.05) is 42.0 Å². The van der Waals surface area contributed by atoms with Gasteiger partial charge < -0.3 is 4.57 Å². The monoisotopic (exact) mass is 408 g/mol. The topological polar surface area (TPSA) is 8.17 Å². The molecule has 1 saturated carbocycles. The summed E-state index contributed by atoms with van der Waals surface area (Å²) >= 11 is 3.53. The molecule has 1 heterocycles. The van der Waals surface area contributed by atoms with Crippen molar-refractivity contribution in [1.29, 1.82) is 0 Å². The van der Waals surface area contributed by atoms with Gasteiger partial charge in [-0.1, -0.05) is 57.9 Å². The first-order chi connectivity index (χ1) is 12.7. The summed E-state index contributed by atoms with van der Waals surface area (Å²) in [5, 5.41) is 0. The van der Waals surface area contributed by atoms with Crippen molar-refractivity contribution in [3.63, 3.8) is 0 Å². The number of benzene rings is 2. The Balaban J connectivity index is 1.48. The minimum Gasteiger partial charge on any atom is -0.346 e. The zero-order valence-electron chi connectivity index (χ0n) is 15.2. The van der Waals surface area contributed by atoms with Gasteiger partial charge >= 0.3 is 0 Å². The van der Waals surface area contributed by atoms with E-state index in [9.17, 15) is 0 Å². The third kappa shape index (κ3) is 4.46. The van der Waals surface area contributed by atoms with Crippen LogP contribution in [0.1, 0.15) is 35.2 Å². The van der Waals surface area contributed by atoms with Gasteiger partial charge in [0.05, 0.1) is 0 Å². The fraction of sp³-hybridized carbons (Fsp3) is 0.304. The molecule has 0 amide bonds. The lowest BCUT2D eigenvalue weighted by Gasteiger charge is -2.23. The van der Waals surface area contributed by atoms with Crippen LogP contribution in [-0.4, -0.2) is 15.5 Å². The Morgan fingerprint density at radius 3 is 2.50 bits per heavy atom. The van der Waals surface area contributed by atoms with Crippen molar-refractivity contribution < 1.29 is 0 Å². The maximum atomic E-state index is 3.53. The van der Waals surface area contributed by atoms with E-state index in [0.717, 1.165) is 30.1 Å². The van der Waals surface area contributed by atoms with Crippen LogP contribution in [0.2, 0.25) is 0 Å². The van der Waals surface area contributed by atoms with Crippen molar-refractivity contribution in [3.05, 3.63) is 93.7 Å². The molecule has 0 N–H and O–H groups in total. The molecule has 2 aromatic carbocycles. The van der Waals surface area contributed by atoms with Crippen LogP contribution in [0.25, 0.3) is 0 Å². The van der Waals surface area contributed by atoms with Crippen molar-refractivity contribution in [2.45, 2.75) is 45.4 Å². The Hall–Kier alpha value is -1.84. The van der Waals surface area contributed by atoms with E-state index < -0.39 is 0 Å². The molecule has 0 atom stereocenters. The molecule has 2 nitrogen and oxygen atoms in total. The zero-order chi connectivity index (χ0) is 17.9. The van der Waals surface area contributed by atoms with E-state index in [1.54, 1.807) is 0 Å². The summed E-state index contributed by atoms with van der Waals surface area (Å²) in [4.78, 5) is 2.63. The standard InChI is InChI=1S/C23H25BrN2/c1-18-4-2-5-20(14-18)16-25-13-3-6-23(25)17-26(22-11-12-22)15-19-7-9-21(24)10-8-19/h2-10,13-14,22H,11-12,15-17H2,1H3. The second kappa shape index (κ2) is 7.81. The zero-order valence-corrected chi connectivity index (χ0v) is 16.8. The van der Waals surface area contributed by atoms with Gasteiger partial charge in [-0.2, -0.15) is 0 Å². The van der Waals surface area contributed by atoms with Crippen LogP contribution in [0, 0.1) is 6.92 Å². The lowest BCUT2D eigenvalue weighted by atomic mass is 10.1. The molecule has 0 saturated heterocycles. The number of hydrogen-bond donors (Lipinski definition) is 0. The molecular weight excluding hydrogens is 384 g/mol. The number of halogens is 1. The summed E-state index contributed by atoms with van der Waals surface area (Å²) in [6.45, 7) is 5.14. The second-order valence-corrected chi connectivity index (χ2v) is 8.29. The fourth-order valence-electron chi connectivity index (χ4n) is 3.54. The van der Waals surface area contributed by atoms with Crippen LogP contribution in [0.4, 0.5) is 0 Å². The normalized spacial score (nSPS) is 14.1. The van der Waals surface area contributed by atoms with Gasteiger partial charge in [0.25, 0.3) is 0 Å². The highest BCUT2D eigenvalue weighted by molar-refractivity contribution is 9.10. The van der Waals surface area contributed by atoms with Gasteiger partial charge in [-0.05, 0) is 55.2 Å². The number of hydrogen-bond acceptors (Lipinski definition) is 1. The highest BCUT2D eigenvalue weighted by Gasteiger charge is 2.29. The smallest absolute Gasteiger partial charge is 0.0473 e. The van der Waals surface area contributed by atoms with Crippen LogP contribution in [0.5, 0.6) is 0 Å². The van der Waals surface area contributed by atoms with Crippen LogP contribution >= 0.6 is 15.9 Å². The van der Waals surface area contributed by atoms with Gasteiger partial charge in [-0.25, -0.2) is 0 Å². The van der Waals surface area contributed by atoms with Crippen LogP contribution in [0.3, 0.4) is 0 Å². The number of nitrogens with zero attached hydrogens (tertiary/aromatic N) is 2. The third-order valence-electron chi connectivity index (χ3n) is 5.09. The largest absolute Gasteiger partial charge is 0.346 e. The summed E-state index contributed by atoms with van der Waals surface area (Å²) in [6.07, 6.45) is 4.87. The molecule has 1 aromatic heterocycles. The Bertz CT molecular complexity index is 862. The van der Waals surface area contributed by atoms with Crippen molar-refractivity contribution >= 4 is 15.9 Å². The van der Waals surface area contributed by atoms with Gasteiger partial charge in [-0.15, -0.1) is 0 Å². The summed E-state index contributed by atoms with van der Waals surface area (Å²) in [6, 6.07) is 22.7. The molecule has 4 rings (SSSR count). The van der Waals surface area contributed by atoms with Crippen LogP contribution < -0.4 is 0 Å². The maximum Gasteiger partial charge on any atom is 0.0473 e. The van der Waals surface area contributed by atoms with E-state index >= 15 is 0 Å². The van der Waals surface area contributed by atoms with E-state index in [-0.39, 0.29) is 0 Å². The summed E-state index contributed by atoms with van der Waals surface area (Å²) in [5.74, 6) is 0. The summed E-state index contributed by atoms with van der Waals surface area (Å²) in [7, 11) is 0. The third-order valence-corrected chi connectivity index (χ3v) is 5.61. The van der Waals surface area contributed by atoms with Gasteiger partial charge in [0.1, 0.15) is 0 Å². The first-order valence-electron chi connectivity index (χ1n) is 9.35. The predicted molar refractivity (Wildman–Crippen MR) is 111 cm³/mol. The number of aryl methyl sites for hydroxylation is 1. The molecule has 134 valence electrons. The van der Waals surface area contributed by atoms with Crippen LogP contribution in [-0.2, 0) is 19.6 Å². The van der Waals surface area contributed by atoms with Crippen LogP contribution in [0.15, 0.2) is 71.3 Å². The minimum atomic E-state index is 0.737. The second-order valence-electron chi connectivity index (χ2n) is 7.38. The average molecular weight is 409 g/mol. The van der Waals surface area contributed by atoms with Crippen molar-refractivity contribution in [3.8, 4) is 0 Å². The molecule has 1 aliphatic carbocycles. The van der Waals surface area contributed by atoms with Gasteiger partial charge in [-0.3, -0.25) is 4.90 Å². The average Bonchev–Trinajstić information content (AvgIpc) is 3.39. The predicted octanol–water partition coefficient (Wildman–Crippen LogP) is 5.77. The molecule has 0 unspecified atom stereocenters. The highest BCUT2D eigenvalue weighted by Crippen LogP contribution is 2.30. The Kier molecular flexibility index (Phi) is 5.28. The maximum absolute atomic E-state index is 3.53. The highest BCUT2D eigenvalue weighted by atomic mass is 79.9. The Labute approximate surface area is 164 Å². The van der Waals surface area contributed by atoms with E-state index in [2.05, 4.69) is 99.2 Å². The molecule has 1 aliphatic rings. The summed E-state index contributed by atoms with van der Waals surface area (Å²) in [5.41, 5.74) is 5.48. The molecule has 26 heavy (non-hydrogen) atoms. The lowest BCUT2D eigenvalue weighted by Crippen LogP contribution is -2.26. The minimum absolute atomic E-state index is 0.737. The molecule has 0 radical (unpaired) electrons. The van der Waals surface area contributed by atoms with Crippen molar-refractivity contribution in [2.24, 2.45) is 0 Å².